The Kier molecular flexibility index (Phi) is 4.62. The molecular formula is C16H23N5. The minimum atomic E-state index is 0.761. The number of hydrogen-bond acceptors (Lipinski definition) is 4. The van der Waals surface area contributed by atoms with E-state index in [9.17, 15) is 0 Å². The Morgan fingerprint density at radius 1 is 1.05 bits per heavy atom. The van der Waals surface area contributed by atoms with Crippen LogP contribution in [-0.4, -0.2) is 64.1 Å². The molecule has 0 aromatic carbocycles. The van der Waals surface area contributed by atoms with Crippen molar-refractivity contribution >= 4 is 0 Å². The van der Waals surface area contributed by atoms with E-state index in [1.54, 1.807) is 12.4 Å². The molecule has 0 bridgehead atoms. The van der Waals surface area contributed by atoms with E-state index in [1.807, 2.05) is 12.3 Å². The maximum atomic E-state index is 4.32. The van der Waals surface area contributed by atoms with Crippen LogP contribution in [0, 0.1) is 0 Å². The van der Waals surface area contributed by atoms with Gasteiger partial charge >= 0.3 is 0 Å². The molecule has 1 aliphatic heterocycles. The highest BCUT2D eigenvalue weighted by Gasteiger charge is 2.13. The quantitative estimate of drug-likeness (QED) is 0.833. The molecule has 3 rings (SSSR count). The first kappa shape index (κ1) is 14.2. The lowest BCUT2D eigenvalue weighted by Gasteiger charge is -2.32. The summed E-state index contributed by atoms with van der Waals surface area (Å²) in [5.41, 5.74) is 1.29. The van der Waals surface area contributed by atoms with Gasteiger partial charge in [0.05, 0.1) is 0 Å². The van der Waals surface area contributed by atoms with Crippen molar-refractivity contribution in [3.05, 3.63) is 42.5 Å². The van der Waals surface area contributed by atoms with Gasteiger partial charge in [0.15, 0.2) is 0 Å². The highest BCUT2D eigenvalue weighted by atomic mass is 15.2. The van der Waals surface area contributed by atoms with Crippen LogP contribution in [0.15, 0.2) is 36.8 Å². The summed E-state index contributed by atoms with van der Waals surface area (Å²) in [5.74, 6) is 0.761. The van der Waals surface area contributed by atoms with Crippen LogP contribution >= 0.6 is 0 Å². The van der Waals surface area contributed by atoms with Crippen molar-refractivity contribution in [2.24, 2.45) is 0 Å². The lowest BCUT2D eigenvalue weighted by molar-refractivity contribution is 0.153. The zero-order valence-electron chi connectivity index (χ0n) is 12.6. The van der Waals surface area contributed by atoms with Crippen molar-refractivity contribution in [1.82, 2.24) is 24.3 Å². The summed E-state index contributed by atoms with van der Waals surface area (Å²) in [6.07, 6.45) is 7.87. The number of rotatable bonds is 5. The average Bonchev–Trinajstić information content (AvgIpc) is 2.99. The molecule has 1 aliphatic rings. The molecule has 1 saturated heterocycles. The predicted octanol–water partition coefficient (Wildman–Crippen LogP) is 1.45. The van der Waals surface area contributed by atoms with E-state index < -0.39 is 0 Å². The van der Waals surface area contributed by atoms with Crippen molar-refractivity contribution in [3.8, 4) is 5.95 Å². The van der Waals surface area contributed by atoms with Crippen molar-refractivity contribution in [1.29, 1.82) is 0 Å². The molecule has 1 fully saturated rings. The third-order valence-electron chi connectivity index (χ3n) is 4.10. The first-order valence-electron chi connectivity index (χ1n) is 7.67. The highest BCUT2D eigenvalue weighted by molar-refractivity contribution is 5.20. The fraction of sp³-hybridized carbons (Fsp3) is 0.500. The van der Waals surface area contributed by atoms with Crippen molar-refractivity contribution in [2.75, 3.05) is 39.8 Å². The molecule has 0 N–H and O–H groups in total. The van der Waals surface area contributed by atoms with Gasteiger partial charge in [-0.1, -0.05) is 0 Å². The van der Waals surface area contributed by atoms with Gasteiger partial charge in [0.25, 0.3) is 0 Å². The highest BCUT2D eigenvalue weighted by Crippen LogP contribution is 2.11. The van der Waals surface area contributed by atoms with Gasteiger partial charge in [-0.05, 0) is 44.6 Å². The smallest absolute Gasteiger partial charge is 0.233 e. The van der Waals surface area contributed by atoms with Gasteiger partial charge < -0.3 is 9.80 Å². The summed E-state index contributed by atoms with van der Waals surface area (Å²) in [6, 6.07) is 6.09. The average molecular weight is 285 g/mol. The first-order chi connectivity index (χ1) is 10.3. The Balaban J connectivity index is 1.53. The lowest BCUT2D eigenvalue weighted by atomic mass is 10.2. The number of likely N-dealkylation sites (N-methyl/N-ethyl adjacent to an activating group) is 1. The molecule has 2 aromatic rings. The SMILES string of the molecule is CN1CCN(CCCc2cccn2-c2ncccn2)CC1. The molecule has 0 aliphatic carbocycles. The number of piperazine rings is 1. The summed E-state index contributed by atoms with van der Waals surface area (Å²) in [4.78, 5) is 13.6. The van der Waals surface area contributed by atoms with Crippen molar-refractivity contribution in [2.45, 2.75) is 12.8 Å². The van der Waals surface area contributed by atoms with Crippen LogP contribution in [0.25, 0.3) is 5.95 Å². The fourth-order valence-electron chi connectivity index (χ4n) is 2.79. The maximum Gasteiger partial charge on any atom is 0.233 e. The normalized spacial score (nSPS) is 17.2. The number of aromatic nitrogens is 3. The molecule has 2 aromatic heterocycles. The van der Waals surface area contributed by atoms with Crippen LogP contribution < -0.4 is 0 Å². The predicted molar refractivity (Wildman–Crippen MR) is 83.6 cm³/mol. The second-order valence-electron chi connectivity index (χ2n) is 5.67. The van der Waals surface area contributed by atoms with E-state index in [1.165, 1.54) is 44.8 Å². The van der Waals surface area contributed by atoms with E-state index in [2.05, 4.69) is 43.5 Å². The first-order valence-corrected chi connectivity index (χ1v) is 7.67. The van der Waals surface area contributed by atoms with Crippen molar-refractivity contribution < 1.29 is 0 Å². The topological polar surface area (TPSA) is 37.2 Å². The Bertz CT molecular complexity index is 543. The maximum absolute atomic E-state index is 4.32. The van der Waals surface area contributed by atoms with E-state index in [0.29, 0.717) is 0 Å². The lowest BCUT2D eigenvalue weighted by Crippen LogP contribution is -2.44. The number of hydrogen-bond donors (Lipinski definition) is 0. The van der Waals surface area contributed by atoms with Crippen LogP contribution in [0.3, 0.4) is 0 Å². The van der Waals surface area contributed by atoms with Gasteiger partial charge in [-0.2, -0.15) is 0 Å². The van der Waals surface area contributed by atoms with Gasteiger partial charge in [-0.25, -0.2) is 9.97 Å². The summed E-state index contributed by atoms with van der Waals surface area (Å²) in [6.45, 7) is 5.94. The monoisotopic (exact) mass is 285 g/mol. The zero-order valence-corrected chi connectivity index (χ0v) is 12.6. The van der Waals surface area contributed by atoms with E-state index in [0.717, 1.165) is 12.4 Å². The molecule has 0 saturated carbocycles. The zero-order chi connectivity index (χ0) is 14.5. The molecule has 21 heavy (non-hydrogen) atoms. The van der Waals surface area contributed by atoms with Crippen molar-refractivity contribution in [3.63, 3.8) is 0 Å². The van der Waals surface area contributed by atoms with Crippen LogP contribution in [0.5, 0.6) is 0 Å². The number of aryl methyl sites for hydroxylation is 1. The molecule has 5 heteroatoms. The third kappa shape index (κ3) is 3.68. The minimum Gasteiger partial charge on any atom is -0.304 e. The second kappa shape index (κ2) is 6.83. The second-order valence-corrected chi connectivity index (χ2v) is 5.67. The van der Waals surface area contributed by atoms with Gasteiger partial charge in [0, 0.05) is 50.5 Å². The molecular weight excluding hydrogens is 262 g/mol. The molecule has 0 spiro atoms. The van der Waals surface area contributed by atoms with Crippen LogP contribution in [0.2, 0.25) is 0 Å². The molecule has 0 radical (unpaired) electrons. The molecule has 0 unspecified atom stereocenters. The van der Waals surface area contributed by atoms with Gasteiger partial charge in [-0.15, -0.1) is 0 Å². The van der Waals surface area contributed by atoms with Crippen LogP contribution in [-0.2, 0) is 6.42 Å². The molecule has 3 heterocycles. The standard InChI is InChI=1S/C16H23N5/c1-19-11-13-20(14-12-19)9-2-5-15-6-3-10-21(15)16-17-7-4-8-18-16/h3-4,6-8,10H,2,5,9,11-14H2,1H3. The van der Waals surface area contributed by atoms with Gasteiger partial charge in [0.2, 0.25) is 5.95 Å². The van der Waals surface area contributed by atoms with Crippen LogP contribution in [0.4, 0.5) is 0 Å². The van der Waals surface area contributed by atoms with Gasteiger partial charge in [-0.3, -0.25) is 4.57 Å². The van der Waals surface area contributed by atoms with Crippen LogP contribution in [0.1, 0.15) is 12.1 Å². The Morgan fingerprint density at radius 3 is 2.57 bits per heavy atom. The summed E-state index contributed by atoms with van der Waals surface area (Å²) >= 11 is 0. The summed E-state index contributed by atoms with van der Waals surface area (Å²) in [5, 5.41) is 0. The molecule has 5 nitrogen and oxygen atoms in total. The van der Waals surface area contributed by atoms with E-state index >= 15 is 0 Å². The Hall–Kier alpha value is -1.72. The Labute approximate surface area is 126 Å². The molecule has 0 amide bonds. The minimum absolute atomic E-state index is 0.761. The van der Waals surface area contributed by atoms with E-state index in [4.69, 9.17) is 0 Å². The number of nitrogens with zero attached hydrogens (tertiary/aromatic N) is 5. The van der Waals surface area contributed by atoms with E-state index in [-0.39, 0.29) is 0 Å². The van der Waals surface area contributed by atoms with Gasteiger partial charge in [0.1, 0.15) is 0 Å². The molecule has 0 atom stereocenters. The Morgan fingerprint density at radius 2 is 1.81 bits per heavy atom. The fourth-order valence-corrected chi connectivity index (χ4v) is 2.79. The summed E-state index contributed by atoms with van der Waals surface area (Å²) in [7, 11) is 2.20. The largest absolute Gasteiger partial charge is 0.304 e. The molecule has 112 valence electrons. The summed E-state index contributed by atoms with van der Waals surface area (Å²) < 4.78 is 2.09. The third-order valence-corrected chi connectivity index (χ3v) is 4.10.